The van der Waals surface area contributed by atoms with Gasteiger partial charge in [-0.25, -0.2) is 0 Å². The van der Waals surface area contributed by atoms with Crippen LogP contribution >= 0.6 is 0 Å². The summed E-state index contributed by atoms with van der Waals surface area (Å²) in [7, 11) is 0. The first-order valence-electron chi connectivity index (χ1n) is 5.54. The first-order chi connectivity index (χ1) is 7.75. The van der Waals surface area contributed by atoms with Crippen molar-refractivity contribution in [2.24, 2.45) is 0 Å². The highest BCUT2D eigenvalue weighted by Gasteiger charge is 2.53. The van der Waals surface area contributed by atoms with Crippen LogP contribution in [0.2, 0.25) is 0 Å². The maximum absolute atomic E-state index is 12.0. The van der Waals surface area contributed by atoms with Crippen LogP contribution in [0.5, 0.6) is 5.75 Å². The summed E-state index contributed by atoms with van der Waals surface area (Å²) < 4.78 is 5.50. The summed E-state index contributed by atoms with van der Waals surface area (Å²) in [5, 5.41) is 0. The van der Waals surface area contributed by atoms with E-state index < -0.39 is 5.41 Å². The third-order valence-corrected chi connectivity index (χ3v) is 3.61. The monoisotopic (exact) mass is 216 g/mol. The molecular weight excluding hydrogens is 204 g/mol. The van der Waals surface area contributed by atoms with Crippen LogP contribution in [0, 0.1) is 0 Å². The summed E-state index contributed by atoms with van der Waals surface area (Å²) in [6.07, 6.45) is 1.27. The maximum atomic E-state index is 12.0. The Bertz CT molecular complexity index is 460. The normalized spacial score (nSPS) is 22.0. The molecule has 0 N–H and O–H groups in total. The van der Waals surface area contributed by atoms with Gasteiger partial charge in [0.15, 0.2) is 11.6 Å². The highest BCUT2D eigenvalue weighted by atomic mass is 16.5. The molecule has 1 saturated carbocycles. The second-order valence-corrected chi connectivity index (χ2v) is 4.35. The predicted molar refractivity (Wildman–Crippen MR) is 57.5 cm³/mol. The molecule has 0 atom stereocenters. The summed E-state index contributed by atoms with van der Waals surface area (Å²) in [6, 6.07) is 7.39. The Kier molecular flexibility index (Phi) is 1.90. The van der Waals surface area contributed by atoms with Gasteiger partial charge in [-0.15, -0.1) is 0 Å². The van der Waals surface area contributed by atoms with Crippen molar-refractivity contribution in [2.75, 3.05) is 6.61 Å². The molecule has 3 rings (SSSR count). The largest absolute Gasteiger partial charge is 0.493 e. The van der Waals surface area contributed by atoms with Gasteiger partial charge in [-0.3, -0.25) is 9.59 Å². The number of fused-ring (bicyclic) bond motifs is 2. The van der Waals surface area contributed by atoms with Crippen LogP contribution in [0.4, 0.5) is 0 Å². The van der Waals surface area contributed by atoms with E-state index in [1.165, 1.54) is 0 Å². The molecule has 0 saturated heterocycles. The van der Waals surface area contributed by atoms with Crippen LogP contribution in [-0.2, 0) is 15.0 Å². The molecule has 0 unspecified atom stereocenters. The minimum Gasteiger partial charge on any atom is -0.493 e. The Balaban J connectivity index is 2.24. The Hall–Kier alpha value is -1.64. The van der Waals surface area contributed by atoms with Crippen molar-refractivity contribution in [3.63, 3.8) is 0 Å². The molecule has 0 amide bonds. The number of ketones is 2. The molecule has 82 valence electrons. The molecule has 0 bridgehead atoms. The Morgan fingerprint density at radius 2 is 1.75 bits per heavy atom. The lowest BCUT2D eigenvalue weighted by Gasteiger charge is -2.32. The van der Waals surface area contributed by atoms with Crippen LogP contribution < -0.4 is 4.74 Å². The molecular formula is C13H12O3. The molecule has 1 aromatic rings. The topological polar surface area (TPSA) is 43.4 Å². The van der Waals surface area contributed by atoms with E-state index in [1.54, 1.807) is 0 Å². The fourth-order valence-corrected chi connectivity index (χ4v) is 2.78. The zero-order valence-corrected chi connectivity index (χ0v) is 8.86. The van der Waals surface area contributed by atoms with Crippen molar-refractivity contribution < 1.29 is 14.3 Å². The SMILES string of the molecule is O=C1CCC(=O)C12CCOc1ccccc12. The van der Waals surface area contributed by atoms with E-state index >= 15 is 0 Å². The summed E-state index contributed by atoms with van der Waals surface area (Å²) in [4.78, 5) is 24.1. The number of ether oxygens (including phenoxy) is 1. The lowest BCUT2D eigenvalue weighted by molar-refractivity contribution is -0.130. The highest BCUT2D eigenvalue weighted by molar-refractivity contribution is 6.18. The molecule has 1 aliphatic carbocycles. The smallest absolute Gasteiger partial charge is 0.151 e. The Morgan fingerprint density at radius 3 is 2.50 bits per heavy atom. The number of rotatable bonds is 0. The van der Waals surface area contributed by atoms with Gasteiger partial charge >= 0.3 is 0 Å². The van der Waals surface area contributed by atoms with Crippen molar-refractivity contribution in [3.05, 3.63) is 29.8 Å². The number of hydrogen-bond donors (Lipinski definition) is 0. The van der Waals surface area contributed by atoms with Gasteiger partial charge in [-0.1, -0.05) is 18.2 Å². The zero-order chi connectivity index (χ0) is 11.2. The van der Waals surface area contributed by atoms with Crippen molar-refractivity contribution >= 4 is 11.6 Å². The molecule has 2 aliphatic rings. The number of carbonyl (C=O) groups is 2. The number of Topliss-reactive ketones (excluding diaryl/α,β-unsaturated/α-hetero) is 2. The summed E-state index contributed by atoms with van der Waals surface area (Å²) >= 11 is 0. The molecule has 0 radical (unpaired) electrons. The van der Waals surface area contributed by atoms with Gasteiger partial charge in [-0.05, 0) is 6.07 Å². The standard InChI is InChI=1S/C13H12O3/c14-11-5-6-12(15)13(11)7-8-16-10-4-2-1-3-9(10)13/h1-4H,5-8H2. The van der Waals surface area contributed by atoms with Crippen molar-refractivity contribution in [1.82, 2.24) is 0 Å². The Morgan fingerprint density at radius 1 is 1.06 bits per heavy atom. The molecule has 1 spiro atoms. The van der Waals surface area contributed by atoms with E-state index in [0.717, 1.165) is 5.56 Å². The van der Waals surface area contributed by atoms with E-state index in [-0.39, 0.29) is 11.6 Å². The molecule has 1 fully saturated rings. The van der Waals surface area contributed by atoms with Crippen LogP contribution in [0.1, 0.15) is 24.8 Å². The quantitative estimate of drug-likeness (QED) is 0.619. The second-order valence-electron chi connectivity index (χ2n) is 4.35. The van der Waals surface area contributed by atoms with Crippen LogP contribution in [-0.4, -0.2) is 18.2 Å². The number of carbonyl (C=O) groups excluding carboxylic acids is 2. The van der Waals surface area contributed by atoms with Crippen molar-refractivity contribution in [1.29, 1.82) is 0 Å². The van der Waals surface area contributed by atoms with Crippen LogP contribution in [0.3, 0.4) is 0 Å². The highest BCUT2D eigenvalue weighted by Crippen LogP contribution is 2.45. The molecule has 3 nitrogen and oxygen atoms in total. The maximum Gasteiger partial charge on any atom is 0.151 e. The zero-order valence-electron chi connectivity index (χ0n) is 8.86. The van der Waals surface area contributed by atoms with E-state index in [9.17, 15) is 9.59 Å². The predicted octanol–water partition coefficient (Wildman–Crippen LogP) is 1.64. The number of benzene rings is 1. The summed E-state index contributed by atoms with van der Waals surface area (Å²) in [5.74, 6) is 0.818. The van der Waals surface area contributed by atoms with Gasteiger partial charge in [0.1, 0.15) is 11.2 Å². The molecule has 0 aromatic heterocycles. The van der Waals surface area contributed by atoms with Crippen LogP contribution in [0.15, 0.2) is 24.3 Å². The molecule has 16 heavy (non-hydrogen) atoms. The van der Waals surface area contributed by atoms with E-state index in [2.05, 4.69) is 0 Å². The fraction of sp³-hybridized carbons (Fsp3) is 0.385. The summed E-state index contributed by atoms with van der Waals surface area (Å²) in [5.41, 5.74) is -0.108. The van der Waals surface area contributed by atoms with Gasteiger partial charge in [0.05, 0.1) is 6.61 Å². The minimum atomic E-state index is -0.880. The molecule has 1 aromatic carbocycles. The van der Waals surface area contributed by atoms with Gasteiger partial charge in [0, 0.05) is 24.8 Å². The van der Waals surface area contributed by atoms with E-state index in [4.69, 9.17) is 4.74 Å². The molecule has 1 heterocycles. The third kappa shape index (κ3) is 1.03. The van der Waals surface area contributed by atoms with E-state index in [1.807, 2.05) is 24.3 Å². The second kappa shape index (κ2) is 3.17. The van der Waals surface area contributed by atoms with Crippen molar-refractivity contribution in [2.45, 2.75) is 24.7 Å². The van der Waals surface area contributed by atoms with E-state index in [0.29, 0.717) is 31.6 Å². The van der Waals surface area contributed by atoms with Gasteiger partial charge < -0.3 is 4.74 Å². The lowest BCUT2D eigenvalue weighted by atomic mass is 9.73. The summed E-state index contributed by atoms with van der Waals surface area (Å²) in [6.45, 7) is 0.453. The fourth-order valence-electron chi connectivity index (χ4n) is 2.78. The third-order valence-electron chi connectivity index (χ3n) is 3.61. The first-order valence-corrected chi connectivity index (χ1v) is 5.54. The minimum absolute atomic E-state index is 0.0632. The molecule has 1 aliphatic heterocycles. The van der Waals surface area contributed by atoms with Gasteiger partial charge in [0.25, 0.3) is 0 Å². The number of para-hydroxylation sites is 1. The lowest BCUT2D eigenvalue weighted by Crippen LogP contribution is -2.42. The first kappa shape index (κ1) is 9.58. The average molecular weight is 216 g/mol. The average Bonchev–Trinajstić information content (AvgIpc) is 2.59. The number of hydrogen-bond acceptors (Lipinski definition) is 3. The molecule has 3 heteroatoms. The van der Waals surface area contributed by atoms with Gasteiger partial charge in [-0.2, -0.15) is 0 Å². The Labute approximate surface area is 93.4 Å². The van der Waals surface area contributed by atoms with Gasteiger partial charge in [0.2, 0.25) is 0 Å². The van der Waals surface area contributed by atoms with Crippen LogP contribution in [0.25, 0.3) is 0 Å². The van der Waals surface area contributed by atoms with Crippen molar-refractivity contribution in [3.8, 4) is 5.75 Å².